The number of hydrogen-bond acceptors (Lipinski definition) is 6. The monoisotopic (exact) mass is 482 g/mol. The van der Waals surface area contributed by atoms with E-state index in [1.54, 1.807) is 48.5 Å². The Hall–Kier alpha value is -2.10. The number of halogens is 1. The smallest absolute Gasteiger partial charge is 0.258 e. The maximum Gasteiger partial charge on any atom is 0.258 e. The van der Waals surface area contributed by atoms with Crippen LogP contribution in [0, 0.1) is 0 Å². The van der Waals surface area contributed by atoms with Crippen molar-refractivity contribution in [3.63, 3.8) is 0 Å². The summed E-state index contributed by atoms with van der Waals surface area (Å²) in [4.78, 5) is 15.0. The highest BCUT2D eigenvalue weighted by molar-refractivity contribution is 7.92. The molecule has 0 bridgehead atoms. The number of para-hydroxylation sites is 2. The first-order chi connectivity index (χ1) is 14.6. The Morgan fingerprint density at radius 1 is 0.903 bits per heavy atom. The molecule has 2 aromatic carbocycles. The molecular weight excluding hydrogens is 460 g/mol. The van der Waals surface area contributed by atoms with Gasteiger partial charge in [-0.2, -0.15) is 0 Å². The van der Waals surface area contributed by atoms with Gasteiger partial charge >= 0.3 is 0 Å². The number of carbonyl (C=O) groups excluding carboxylic acids is 1. The highest BCUT2D eigenvalue weighted by Crippen LogP contribution is 2.33. The number of anilines is 2. The zero-order valence-corrected chi connectivity index (χ0v) is 19.1. The van der Waals surface area contributed by atoms with Crippen LogP contribution in [0.15, 0.2) is 48.5 Å². The average molecular weight is 483 g/mol. The molecule has 4 rings (SSSR count). The lowest BCUT2D eigenvalue weighted by atomic mass is 10.1. The van der Waals surface area contributed by atoms with Crippen molar-refractivity contribution < 1.29 is 21.6 Å². The van der Waals surface area contributed by atoms with Crippen molar-refractivity contribution in [2.75, 3.05) is 33.2 Å². The van der Waals surface area contributed by atoms with Gasteiger partial charge in [-0.3, -0.25) is 4.79 Å². The second-order valence-corrected chi connectivity index (χ2v) is 12.9. The second kappa shape index (κ2) is 8.44. The van der Waals surface area contributed by atoms with Crippen LogP contribution >= 0.6 is 11.6 Å². The van der Waals surface area contributed by atoms with E-state index in [1.165, 1.54) is 4.90 Å². The number of rotatable bonds is 5. The Morgan fingerprint density at radius 2 is 1.55 bits per heavy atom. The van der Waals surface area contributed by atoms with Crippen molar-refractivity contribution in [3.05, 3.63) is 59.1 Å². The van der Waals surface area contributed by atoms with Gasteiger partial charge in [0.15, 0.2) is 19.7 Å². The van der Waals surface area contributed by atoms with Gasteiger partial charge < -0.3 is 10.2 Å². The number of carbonyl (C=O) groups is 1. The van der Waals surface area contributed by atoms with E-state index in [9.17, 15) is 21.6 Å². The summed E-state index contributed by atoms with van der Waals surface area (Å²) >= 11 is 5.96. The third-order valence-corrected chi connectivity index (χ3v) is 9.41. The molecule has 2 heterocycles. The molecule has 166 valence electrons. The van der Waals surface area contributed by atoms with Crippen LogP contribution in [-0.4, -0.2) is 57.8 Å². The Balaban J connectivity index is 1.72. The fraction of sp³-hybridized carbons (Fsp3) is 0.381. The van der Waals surface area contributed by atoms with E-state index >= 15 is 0 Å². The van der Waals surface area contributed by atoms with Gasteiger partial charge in [-0.1, -0.05) is 23.7 Å². The molecule has 31 heavy (non-hydrogen) atoms. The van der Waals surface area contributed by atoms with E-state index in [4.69, 9.17) is 11.6 Å². The van der Waals surface area contributed by atoms with E-state index in [1.807, 2.05) is 0 Å². The van der Waals surface area contributed by atoms with E-state index in [-0.39, 0.29) is 35.0 Å². The van der Waals surface area contributed by atoms with E-state index in [0.717, 1.165) is 0 Å². The molecule has 2 unspecified atom stereocenters. The molecule has 0 radical (unpaired) electrons. The largest absolute Gasteiger partial charge is 0.380 e. The predicted molar refractivity (Wildman–Crippen MR) is 122 cm³/mol. The Kier molecular flexibility index (Phi) is 6.02. The molecule has 2 aliphatic heterocycles. The first kappa shape index (κ1) is 22.1. The van der Waals surface area contributed by atoms with E-state index < -0.39 is 25.7 Å². The van der Waals surface area contributed by atoms with Gasteiger partial charge in [-0.15, -0.1) is 0 Å². The highest BCUT2D eigenvalue weighted by Gasteiger charge is 2.37. The van der Waals surface area contributed by atoms with Crippen LogP contribution in [-0.2, 0) is 19.7 Å². The molecular formula is C21H23ClN2O5S2. The molecule has 0 saturated carbocycles. The zero-order chi connectivity index (χ0) is 22.2. The van der Waals surface area contributed by atoms with Gasteiger partial charge in [-0.25, -0.2) is 16.8 Å². The van der Waals surface area contributed by atoms with Crippen LogP contribution in [0.25, 0.3) is 0 Å². The summed E-state index contributed by atoms with van der Waals surface area (Å²) in [5, 5.41) is 3.76. The van der Waals surface area contributed by atoms with Crippen LogP contribution in [0.1, 0.15) is 23.2 Å². The number of nitrogens with zero attached hydrogens (tertiary/aromatic N) is 1. The summed E-state index contributed by atoms with van der Waals surface area (Å²) in [6, 6.07) is 12.8. The first-order valence-corrected chi connectivity index (χ1v) is 14.0. The van der Waals surface area contributed by atoms with Gasteiger partial charge in [0.25, 0.3) is 5.91 Å². The highest BCUT2D eigenvalue weighted by atomic mass is 35.5. The molecule has 10 heteroatoms. The van der Waals surface area contributed by atoms with Crippen molar-refractivity contribution in [1.29, 1.82) is 0 Å². The quantitative estimate of drug-likeness (QED) is 0.703. The molecule has 1 N–H and O–H groups in total. The minimum atomic E-state index is -3.24. The molecule has 2 saturated heterocycles. The number of benzene rings is 2. The maximum atomic E-state index is 13.5. The Labute approximate surface area is 187 Å². The number of hydrogen-bond donors (Lipinski definition) is 1. The van der Waals surface area contributed by atoms with Crippen LogP contribution in [0.5, 0.6) is 0 Å². The fourth-order valence-corrected chi connectivity index (χ4v) is 7.62. The van der Waals surface area contributed by atoms with Gasteiger partial charge in [0.2, 0.25) is 0 Å². The number of nitrogens with one attached hydrogen (secondary N) is 1. The number of sulfone groups is 2. The maximum absolute atomic E-state index is 13.5. The second-order valence-electron chi connectivity index (χ2n) is 8.00. The lowest BCUT2D eigenvalue weighted by Crippen LogP contribution is -2.42. The topological polar surface area (TPSA) is 101 Å². The predicted octanol–water partition coefficient (Wildman–Crippen LogP) is 2.77. The van der Waals surface area contributed by atoms with Crippen LogP contribution in [0.2, 0.25) is 5.02 Å². The first-order valence-electron chi connectivity index (χ1n) is 9.99. The molecule has 0 spiro atoms. The third kappa shape index (κ3) is 5.05. The SMILES string of the molecule is O=C(c1ccc(Cl)cc1)N(c1ccccc1NC1CCS(=O)(=O)C1)C1CCS(=O)(=O)C1. The van der Waals surface area contributed by atoms with Gasteiger partial charge in [-0.05, 0) is 49.2 Å². The molecule has 2 aliphatic rings. The molecule has 0 aliphatic carbocycles. The lowest BCUT2D eigenvalue weighted by molar-refractivity contribution is 0.0979. The van der Waals surface area contributed by atoms with E-state index in [0.29, 0.717) is 34.8 Å². The summed E-state index contributed by atoms with van der Waals surface area (Å²) in [7, 11) is -6.31. The van der Waals surface area contributed by atoms with E-state index in [2.05, 4.69) is 5.32 Å². The number of amides is 1. The van der Waals surface area contributed by atoms with Crippen molar-refractivity contribution >= 4 is 48.6 Å². The average Bonchev–Trinajstić information content (AvgIpc) is 3.24. The van der Waals surface area contributed by atoms with Crippen LogP contribution in [0.4, 0.5) is 11.4 Å². The fourth-order valence-electron chi connectivity index (χ4n) is 4.12. The summed E-state index contributed by atoms with van der Waals surface area (Å²) in [5.41, 5.74) is 1.54. The van der Waals surface area contributed by atoms with Gasteiger partial charge in [0, 0.05) is 16.6 Å². The molecule has 2 atom stereocenters. The summed E-state index contributed by atoms with van der Waals surface area (Å²) in [5.74, 6) is -0.255. The molecule has 7 nitrogen and oxygen atoms in total. The van der Waals surface area contributed by atoms with Crippen molar-refractivity contribution in [3.8, 4) is 0 Å². The third-order valence-electron chi connectivity index (χ3n) is 5.64. The van der Waals surface area contributed by atoms with Crippen LogP contribution < -0.4 is 10.2 Å². The molecule has 1 amide bonds. The minimum absolute atomic E-state index is 0.0263. The van der Waals surface area contributed by atoms with Crippen molar-refractivity contribution in [2.45, 2.75) is 24.9 Å². The Morgan fingerprint density at radius 3 is 2.16 bits per heavy atom. The van der Waals surface area contributed by atoms with Crippen molar-refractivity contribution in [2.24, 2.45) is 0 Å². The molecule has 2 fully saturated rings. The zero-order valence-electron chi connectivity index (χ0n) is 16.7. The molecule has 0 aromatic heterocycles. The summed E-state index contributed by atoms with van der Waals surface area (Å²) < 4.78 is 48.1. The Bertz CT molecular complexity index is 1200. The summed E-state index contributed by atoms with van der Waals surface area (Å²) in [6.45, 7) is 0. The lowest BCUT2D eigenvalue weighted by Gasteiger charge is -2.31. The standard InChI is InChI=1S/C21H23ClN2O5S2/c22-16-7-5-15(6-8-16)21(25)24(18-10-12-31(28,29)14-18)20-4-2-1-3-19(20)23-17-9-11-30(26,27)13-17/h1-8,17-18,23H,9-14H2. The van der Waals surface area contributed by atoms with Crippen LogP contribution in [0.3, 0.4) is 0 Å². The summed E-state index contributed by atoms with van der Waals surface area (Å²) in [6.07, 6.45) is 0.827. The van der Waals surface area contributed by atoms with Gasteiger partial charge in [0.05, 0.1) is 40.4 Å². The minimum Gasteiger partial charge on any atom is -0.380 e. The van der Waals surface area contributed by atoms with Crippen molar-refractivity contribution in [1.82, 2.24) is 0 Å². The molecule has 2 aromatic rings. The normalized spacial score (nSPS) is 24.0. The van der Waals surface area contributed by atoms with Gasteiger partial charge in [0.1, 0.15) is 0 Å².